The summed E-state index contributed by atoms with van der Waals surface area (Å²) >= 11 is -0.826. The Kier molecular flexibility index (Phi) is 14.8. The molecule has 2 aliphatic rings. The molecule has 0 radical (unpaired) electrons. The molecule has 0 amide bonds. The van der Waals surface area contributed by atoms with Gasteiger partial charge >= 0.3 is 37.9 Å². The molecule has 2 fully saturated rings. The summed E-state index contributed by atoms with van der Waals surface area (Å²) in [4.78, 5) is 4.88. The van der Waals surface area contributed by atoms with E-state index in [1.165, 1.54) is 96.3 Å². The van der Waals surface area contributed by atoms with Gasteiger partial charge in [-0.2, -0.15) is 0 Å². The molecule has 2 saturated carbocycles. The summed E-state index contributed by atoms with van der Waals surface area (Å²) in [7, 11) is 9.87. The molecule has 0 spiro atoms. The first-order chi connectivity index (χ1) is 15.2. The summed E-state index contributed by atoms with van der Waals surface area (Å²) in [5.41, 5.74) is 2.08. The van der Waals surface area contributed by atoms with Crippen LogP contribution in [0.3, 0.4) is 0 Å². The van der Waals surface area contributed by atoms with Gasteiger partial charge in [0, 0.05) is 11.8 Å². The second-order valence-corrected chi connectivity index (χ2v) is 13.2. The van der Waals surface area contributed by atoms with Gasteiger partial charge in [-0.25, -0.2) is 0 Å². The Hall–Kier alpha value is 0.153. The Morgan fingerprint density at radius 3 is 1.94 bits per heavy atom. The normalized spacial score (nSPS) is 24.5. The van der Waals surface area contributed by atoms with Crippen molar-refractivity contribution in [1.29, 1.82) is 0 Å². The van der Waals surface area contributed by atoms with Crippen molar-refractivity contribution < 1.29 is 26.0 Å². The summed E-state index contributed by atoms with van der Waals surface area (Å²) in [6, 6.07) is 6.74. The van der Waals surface area contributed by atoms with Crippen LogP contribution in [0.2, 0.25) is 0 Å². The average molecular weight is 546 g/mol. The van der Waals surface area contributed by atoms with Crippen LogP contribution in [0.1, 0.15) is 120 Å². The molecule has 0 saturated heterocycles. The van der Waals surface area contributed by atoms with Crippen molar-refractivity contribution >= 4 is 23.2 Å². The van der Waals surface area contributed by atoms with E-state index in [1.807, 2.05) is 12.3 Å². The van der Waals surface area contributed by atoms with Crippen molar-refractivity contribution in [2.24, 2.45) is 10.9 Å². The topological polar surface area (TPSA) is 32.6 Å². The summed E-state index contributed by atoms with van der Waals surface area (Å²) in [5, 5.41) is 11.0. The summed E-state index contributed by atoms with van der Waals surface area (Å²) in [5.74, 6) is 1.66. The molecular formula is C26H41Cl2NOZr. The van der Waals surface area contributed by atoms with Crippen LogP contribution in [0.15, 0.2) is 23.2 Å². The van der Waals surface area contributed by atoms with Crippen LogP contribution in [-0.2, 0) is 20.8 Å². The first kappa shape index (κ1) is 27.4. The molecule has 0 heterocycles. The molecule has 1 aromatic rings. The van der Waals surface area contributed by atoms with Gasteiger partial charge in [-0.05, 0) is 49.1 Å². The third-order valence-electron chi connectivity index (χ3n) is 7.11. The molecule has 2 nitrogen and oxygen atoms in total. The van der Waals surface area contributed by atoms with Crippen molar-refractivity contribution in [2.45, 2.75) is 115 Å². The molecule has 0 aromatic heterocycles. The average Bonchev–Trinajstić information content (AvgIpc) is 2.75. The van der Waals surface area contributed by atoms with E-state index in [9.17, 15) is 5.11 Å². The van der Waals surface area contributed by atoms with E-state index in [2.05, 4.69) is 19.1 Å². The number of phenols is 1. The first-order valence-corrected chi connectivity index (χ1v) is 18.8. The summed E-state index contributed by atoms with van der Waals surface area (Å²) in [6.07, 6.45) is 21.8. The molecule has 1 aromatic carbocycles. The van der Waals surface area contributed by atoms with Crippen LogP contribution in [-0.4, -0.2) is 17.4 Å². The zero-order valence-electron chi connectivity index (χ0n) is 19.3. The third-order valence-corrected chi connectivity index (χ3v) is 7.11. The molecule has 2 atom stereocenters. The monoisotopic (exact) mass is 543 g/mol. The van der Waals surface area contributed by atoms with Crippen molar-refractivity contribution in [3.63, 3.8) is 0 Å². The zero-order chi connectivity index (χ0) is 22.3. The van der Waals surface area contributed by atoms with Crippen LogP contribution in [0, 0.1) is 5.92 Å². The molecule has 3 rings (SSSR count). The number of aliphatic imine (C=N–C) groups is 1. The fraction of sp³-hybridized carbons (Fsp3) is 0.731. The molecule has 2 unspecified atom stereocenters. The quantitative estimate of drug-likeness (QED) is 0.377. The van der Waals surface area contributed by atoms with Gasteiger partial charge in [0.2, 0.25) is 0 Å². The SMILES string of the molecule is CC1CCCCC1N=Cc1cccc(C2CCCCCCCCCCC2)c1O.[Cl][Zr][Cl]. The van der Waals surface area contributed by atoms with Gasteiger partial charge in [0.05, 0.1) is 6.04 Å². The predicted molar refractivity (Wildman–Crippen MR) is 132 cm³/mol. The standard InChI is InChI=1S/C26H41NO.2ClH.Zr/c1-21-14-11-12-19-25(21)27-20-23-17-13-18-24(26(23)28)22-15-9-7-5-3-2-4-6-8-10-16-22;;;/h13,17-18,20-22,25,28H,2-12,14-16,19H2,1H3;2*1H;/q;;;+2/p-2. The third kappa shape index (κ3) is 10.3. The van der Waals surface area contributed by atoms with Gasteiger partial charge in [0.1, 0.15) is 5.75 Å². The zero-order valence-corrected chi connectivity index (χ0v) is 23.3. The van der Waals surface area contributed by atoms with Crippen LogP contribution in [0.5, 0.6) is 5.75 Å². The summed E-state index contributed by atoms with van der Waals surface area (Å²) in [6.45, 7) is 2.32. The maximum absolute atomic E-state index is 11.0. The van der Waals surface area contributed by atoms with Gasteiger partial charge < -0.3 is 5.11 Å². The van der Waals surface area contributed by atoms with Gasteiger partial charge in [0.15, 0.2) is 0 Å². The van der Waals surface area contributed by atoms with Gasteiger partial charge in [-0.3, -0.25) is 4.99 Å². The number of aromatic hydroxyl groups is 1. The number of phenolic OH excluding ortho intramolecular Hbond substituents is 1. The van der Waals surface area contributed by atoms with Gasteiger partial charge in [-0.1, -0.05) is 89.7 Å². The predicted octanol–water partition coefficient (Wildman–Crippen LogP) is 9.15. The Balaban J connectivity index is 0.00000107. The van der Waals surface area contributed by atoms with E-state index in [1.54, 1.807) is 0 Å². The van der Waals surface area contributed by atoms with E-state index in [4.69, 9.17) is 22.0 Å². The molecule has 0 aliphatic heterocycles. The van der Waals surface area contributed by atoms with Gasteiger partial charge in [0.25, 0.3) is 0 Å². The Morgan fingerprint density at radius 2 is 1.35 bits per heavy atom. The molecule has 0 bridgehead atoms. The van der Waals surface area contributed by atoms with Crippen LogP contribution in [0.25, 0.3) is 0 Å². The van der Waals surface area contributed by atoms with E-state index < -0.39 is 20.8 Å². The maximum atomic E-state index is 11.0. The van der Waals surface area contributed by atoms with E-state index in [0.717, 1.165) is 11.1 Å². The fourth-order valence-electron chi connectivity index (χ4n) is 5.18. The molecular weight excluding hydrogens is 504 g/mol. The van der Waals surface area contributed by atoms with E-state index in [0.29, 0.717) is 23.6 Å². The van der Waals surface area contributed by atoms with E-state index >= 15 is 0 Å². The van der Waals surface area contributed by atoms with Crippen LogP contribution < -0.4 is 0 Å². The molecule has 5 heteroatoms. The number of hydrogen-bond donors (Lipinski definition) is 1. The second kappa shape index (κ2) is 16.7. The van der Waals surface area contributed by atoms with Crippen LogP contribution >= 0.6 is 17.0 Å². The number of para-hydroxylation sites is 1. The van der Waals surface area contributed by atoms with Crippen molar-refractivity contribution in [2.75, 3.05) is 0 Å². The minimum absolute atomic E-state index is 0.429. The Bertz CT molecular complexity index is 628. The Labute approximate surface area is 209 Å². The molecule has 1 N–H and O–H groups in total. The van der Waals surface area contributed by atoms with Crippen molar-refractivity contribution in [1.82, 2.24) is 0 Å². The van der Waals surface area contributed by atoms with E-state index in [-0.39, 0.29) is 0 Å². The fourth-order valence-corrected chi connectivity index (χ4v) is 5.18. The number of hydrogen-bond acceptors (Lipinski definition) is 2. The molecule has 2 aliphatic carbocycles. The second-order valence-electron chi connectivity index (χ2n) is 9.42. The number of benzene rings is 1. The number of halogens is 2. The number of nitrogens with zero attached hydrogens (tertiary/aromatic N) is 1. The minimum atomic E-state index is -0.826. The van der Waals surface area contributed by atoms with Crippen LogP contribution in [0.4, 0.5) is 0 Å². The first-order valence-electron chi connectivity index (χ1n) is 12.5. The molecule has 31 heavy (non-hydrogen) atoms. The van der Waals surface area contributed by atoms with Gasteiger partial charge in [-0.15, -0.1) is 0 Å². The summed E-state index contributed by atoms with van der Waals surface area (Å²) < 4.78 is 0. The Morgan fingerprint density at radius 1 is 0.839 bits per heavy atom. The van der Waals surface area contributed by atoms with Crippen molar-refractivity contribution in [3.05, 3.63) is 29.3 Å². The molecule has 174 valence electrons. The van der Waals surface area contributed by atoms with Crippen molar-refractivity contribution in [3.8, 4) is 5.75 Å². The number of rotatable bonds is 3.